The van der Waals surface area contributed by atoms with Crippen molar-refractivity contribution in [3.8, 4) is 6.01 Å². The first-order valence-electron chi connectivity index (χ1n) is 5.17. The molecule has 0 spiro atoms. The van der Waals surface area contributed by atoms with Crippen LogP contribution < -0.4 is 4.74 Å². The second kappa shape index (κ2) is 7.10. The second-order valence-corrected chi connectivity index (χ2v) is 4.01. The molecule has 7 nitrogen and oxygen atoms in total. The molecule has 2 rings (SSSR count). The van der Waals surface area contributed by atoms with E-state index in [0.29, 0.717) is 17.5 Å². The predicted molar refractivity (Wildman–Crippen MR) is 70.4 cm³/mol. The van der Waals surface area contributed by atoms with E-state index in [0.717, 1.165) is 0 Å². The lowest BCUT2D eigenvalue weighted by Gasteiger charge is -1.96. The highest BCUT2D eigenvalue weighted by atomic mass is 35.5. The monoisotopic (exact) mass is 302 g/mol. The van der Waals surface area contributed by atoms with Gasteiger partial charge in [-0.05, 0) is 44.0 Å². The number of methoxy groups -OCH3 is 1. The van der Waals surface area contributed by atoms with Crippen LogP contribution in [0, 0.1) is 20.8 Å². The predicted octanol–water partition coefficient (Wildman–Crippen LogP) is 1.98. The molecule has 0 aromatic carbocycles. The Morgan fingerprint density at radius 3 is 1.47 bits per heavy atom. The van der Waals surface area contributed by atoms with Crippen LogP contribution in [-0.2, 0) is 0 Å². The standard InChI is InChI=1S/C5H6ClN3O.C5H6ClN3/c1-3-7-4(6)9-5(8-3)10-2;1-3-7-4(2)9-5(6)8-3/h1-2H3;1-2H3. The molecule has 0 radical (unpaired) electrons. The van der Waals surface area contributed by atoms with Gasteiger partial charge in [-0.15, -0.1) is 0 Å². The molecule has 0 N–H and O–H groups in total. The molecule has 0 amide bonds. The third kappa shape index (κ3) is 5.71. The highest BCUT2D eigenvalue weighted by molar-refractivity contribution is 6.28. The molecule has 19 heavy (non-hydrogen) atoms. The molecule has 0 fully saturated rings. The van der Waals surface area contributed by atoms with Gasteiger partial charge in [0, 0.05) is 0 Å². The molecule has 0 aliphatic heterocycles. The zero-order valence-corrected chi connectivity index (χ0v) is 12.4. The minimum atomic E-state index is 0.157. The smallest absolute Gasteiger partial charge is 0.320 e. The second-order valence-electron chi connectivity index (χ2n) is 3.34. The lowest BCUT2D eigenvalue weighted by molar-refractivity contribution is 0.376. The summed E-state index contributed by atoms with van der Waals surface area (Å²) in [7, 11) is 1.48. The summed E-state index contributed by atoms with van der Waals surface area (Å²) in [5.74, 6) is 1.87. The normalized spacial score (nSPS) is 9.58. The van der Waals surface area contributed by atoms with E-state index in [-0.39, 0.29) is 16.6 Å². The van der Waals surface area contributed by atoms with Crippen molar-refractivity contribution in [1.29, 1.82) is 0 Å². The van der Waals surface area contributed by atoms with Crippen LogP contribution in [-0.4, -0.2) is 37.0 Å². The summed E-state index contributed by atoms with van der Waals surface area (Å²) in [6, 6.07) is 0.248. The van der Waals surface area contributed by atoms with Crippen molar-refractivity contribution in [2.75, 3.05) is 7.11 Å². The molecule has 102 valence electrons. The number of hydrogen-bond donors (Lipinski definition) is 0. The van der Waals surface area contributed by atoms with Crippen molar-refractivity contribution in [2.24, 2.45) is 0 Å². The molecular formula is C10H12Cl2N6O. The van der Waals surface area contributed by atoms with Crippen LogP contribution in [0.2, 0.25) is 10.6 Å². The average molecular weight is 303 g/mol. The number of aryl methyl sites for hydroxylation is 3. The number of nitrogens with zero attached hydrogens (tertiary/aromatic N) is 6. The topological polar surface area (TPSA) is 86.6 Å². The molecule has 2 aromatic heterocycles. The quantitative estimate of drug-likeness (QED) is 0.796. The number of halogens is 2. The Kier molecular flexibility index (Phi) is 5.78. The van der Waals surface area contributed by atoms with E-state index in [9.17, 15) is 0 Å². The van der Waals surface area contributed by atoms with E-state index in [1.807, 2.05) is 0 Å². The van der Waals surface area contributed by atoms with Crippen LogP contribution in [0.25, 0.3) is 0 Å². The van der Waals surface area contributed by atoms with Gasteiger partial charge in [-0.1, -0.05) is 0 Å². The van der Waals surface area contributed by atoms with Gasteiger partial charge < -0.3 is 4.74 Å². The fourth-order valence-corrected chi connectivity index (χ4v) is 1.53. The summed E-state index contributed by atoms with van der Waals surface area (Å²) in [5.41, 5.74) is 0. The lowest BCUT2D eigenvalue weighted by atomic mass is 10.6. The average Bonchev–Trinajstić information content (AvgIpc) is 2.26. The van der Waals surface area contributed by atoms with Crippen molar-refractivity contribution in [1.82, 2.24) is 29.9 Å². The molecule has 0 aliphatic rings. The Balaban J connectivity index is 0.000000191. The van der Waals surface area contributed by atoms with Gasteiger partial charge in [-0.3, -0.25) is 0 Å². The Labute approximate surface area is 120 Å². The van der Waals surface area contributed by atoms with Gasteiger partial charge >= 0.3 is 6.01 Å². The maximum atomic E-state index is 5.49. The van der Waals surface area contributed by atoms with Crippen LogP contribution in [0.3, 0.4) is 0 Å². The minimum Gasteiger partial charge on any atom is -0.467 e. The molecule has 2 heterocycles. The lowest BCUT2D eigenvalue weighted by Crippen LogP contribution is -1.96. The molecule has 0 saturated carbocycles. The van der Waals surface area contributed by atoms with Gasteiger partial charge in [-0.2, -0.15) is 9.97 Å². The Morgan fingerprint density at radius 2 is 1.11 bits per heavy atom. The molecular weight excluding hydrogens is 291 g/mol. The van der Waals surface area contributed by atoms with Gasteiger partial charge in [0.05, 0.1) is 7.11 Å². The summed E-state index contributed by atoms with van der Waals surface area (Å²) < 4.78 is 4.73. The zero-order valence-electron chi connectivity index (χ0n) is 10.8. The summed E-state index contributed by atoms with van der Waals surface area (Å²) in [6.45, 7) is 5.28. The maximum Gasteiger partial charge on any atom is 0.320 e. The molecule has 0 bridgehead atoms. The van der Waals surface area contributed by atoms with Crippen LogP contribution in [0.1, 0.15) is 17.5 Å². The van der Waals surface area contributed by atoms with Gasteiger partial charge in [0.1, 0.15) is 17.5 Å². The van der Waals surface area contributed by atoms with E-state index in [1.54, 1.807) is 20.8 Å². The SMILES string of the molecule is COc1nc(C)nc(Cl)n1.Cc1nc(C)nc(Cl)n1. The molecule has 2 aromatic rings. The number of aromatic nitrogens is 6. The first kappa shape index (κ1) is 15.5. The Morgan fingerprint density at radius 1 is 0.684 bits per heavy atom. The third-order valence-corrected chi connectivity index (χ3v) is 2.05. The highest BCUT2D eigenvalue weighted by Crippen LogP contribution is 2.05. The van der Waals surface area contributed by atoms with Crippen LogP contribution >= 0.6 is 23.2 Å². The first-order chi connectivity index (χ1) is 8.90. The van der Waals surface area contributed by atoms with E-state index in [1.165, 1.54) is 7.11 Å². The van der Waals surface area contributed by atoms with Gasteiger partial charge in [0.25, 0.3) is 0 Å². The molecule has 9 heteroatoms. The Hall–Kier alpha value is -1.60. The van der Waals surface area contributed by atoms with Gasteiger partial charge in [0.15, 0.2) is 0 Å². The summed E-state index contributed by atoms with van der Waals surface area (Å²) in [5, 5.41) is 0.421. The molecule has 0 unspecified atom stereocenters. The molecule has 0 atom stereocenters. The summed E-state index contributed by atoms with van der Waals surface area (Å²) in [6.07, 6.45) is 0. The fourth-order valence-electron chi connectivity index (χ4n) is 1.09. The number of hydrogen-bond acceptors (Lipinski definition) is 7. The van der Waals surface area contributed by atoms with E-state index in [2.05, 4.69) is 29.9 Å². The number of ether oxygens (including phenoxy) is 1. The Bertz CT molecular complexity index is 495. The summed E-state index contributed by atoms with van der Waals surface area (Å²) in [4.78, 5) is 22.7. The molecule has 0 aliphatic carbocycles. The van der Waals surface area contributed by atoms with Gasteiger partial charge in [-0.25, -0.2) is 19.9 Å². The van der Waals surface area contributed by atoms with Crippen molar-refractivity contribution < 1.29 is 4.74 Å². The largest absolute Gasteiger partial charge is 0.467 e. The highest BCUT2D eigenvalue weighted by Gasteiger charge is 1.98. The van der Waals surface area contributed by atoms with Gasteiger partial charge in [0.2, 0.25) is 10.6 Å². The fraction of sp³-hybridized carbons (Fsp3) is 0.400. The third-order valence-electron chi connectivity index (χ3n) is 1.71. The van der Waals surface area contributed by atoms with E-state index >= 15 is 0 Å². The van der Waals surface area contributed by atoms with Crippen LogP contribution in [0.15, 0.2) is 0 Å². The molecule has 0 saturated heterocycles. The maximum absolute atomic E-state index is 5.49. The van der Waals surface area contributed by atoms with Crippen LogP contribution in [0.4, 0.5) is 0 Å². The zero-order chi connectivity index (χ0) is 14.4. The van der Waals surface area contributed by atoms with E-state index < -0.39 is 0 Å². The first-order valence-corrected chi connectivity index (χ1v) is 5.93. The summed E-state index contributed by atoms with van der Waals surface area (Å²) >= 11 is 11.0. The van der Waals surface area contributed by atoms with Crippen molar-refractivity contribution in [3.05, 3.63) is 28.0 Å². The minimum absolute atomic E-state index is 0.157. The van der Waals surface area contributed by atoms with E-state index in [4.69, 9.17) is 27.9 Å². The van der Waals surface area contributed by atoms with Crippen molar-refractivity contribution in [3.63, 3.8) is 0 Å². The van der Waals surface area contributed by atoms with Crippen molar-refractivity contribution >= 4 is 23.2 Å². The van der Waals surface area contributed by atoms with Crippen molar-refractivity contribution in [2.45, 2.75) is 20.8 Å². The van der Waals surface area contributed by atoms with Crippen LogP contribution in [0.5, 0.6) is 6.01 Å². The number of rotatable bonds is 1.